The second-order valence-electron chi connectivity index (χ2n) is 4.62. The van der Waals surface area contributed by atoms with Gasteiger partial charge in [-0.25, -0.2) is 4.52 Å². The molecule has 1 aromatic carbocycles. The Balaban J connectivity index is 1.83. The summed E-state index contributed by atoms with van der Waals surface area (Å²) in [5, 5.41) is 8.23. The molecule has 0 saturated heterocycles. The van der Waals surface area contributed by atoms with E-state index in [1.807, 2.05) is 37.3 Å². The van der Waals surface area contributed by atoms with Crippen LogP contribution in [0.1, 0.15) is 18.5 Å². The van der Waals surface area contributed by atoms with Crippen LogP contribution in [-0.2, 0) is 0 Å². The molecule has 0 bridgehead atoms. The Kier molecular flexibility index (Phi) is 3.20. The highest BCUT2D eigenvalue weighted by Crippen LogP contribution is 2.19. The molecule has 0 fully saturated rings. The molecular formula is C14H14ClN5. The number of benzene rings is 1. The number of hydrogen-bond donors (Lipinski definition) is 2. The molecule has 102 valence electrons. The zero-order valence-electron chi connectivity index (χ0n) is 10.9. The number of pyridine rings is 1. The Bertz CT molecular complexity index is 735. The highest BCUT2D eigenvalue weighted by molar-refractivity contribution is 6.30. The number of nitrogens with two attached hydrogens (primary N) is 1. The average molecular weight is 288 g/mol. The highest BCUT2D eigenvalue weighted by Gasteiger charge is 2.09. The van der Waals surface area contributed by atoms with Crippen LogP contribution < -0.4 is 11.1 Å². The normalized spacial score (nSPS) is 12.5. The Morgan fingerprint density at radius 1 is 1.20 bits per heavy atom. The molecule has 5 nitrogen and oxygen atoms in total. The number of fused-ring (bicyclic) bond motifs is 1. The van der Waals surface area contributed by atoms with Gasteiger partial charge < -0.3 is 11.1 Å². The number of aromatic nitrogens is 3. The van der Waals surface area contributed by atoms with E-state index < -0.39 is 0 Å². The topological polar surface area (TPSA) is 68.2 Å². The molecule has 0 amide bonds. The lowest BCUT2D eigenvalue weighted by Crippen LogP contribution is -2.08. The summed E-state index contributed by atoms with van der Waals surface area (Å²) in [5.41, 5.74) is 8.31. The third-order valence-corrected chi connectivity index (χ3v) is 3.30. The first kappa shape index (κ1) is 12.7. The van der Waals surface area contributed by atoms with Crippen molar-refractivity contribution in [3.8, 4) is 0 Å². The molecule has 3 N–H and O–H groups in total. The van der Waals surface area contributed by atoms with Gasteiger partial charge in [-0.3, -0.25) is 0 Å². The maximum absolute atomic E-state index is 5.92. The van der Waals surface area contributed by atoms with Crippen molar-refractivity contribution in [1.82, 2.24) is 14.6 Å². The number of anilines is 2. The second-order valence-corrected chi connectivity index (χ2v) is 5.05. The van der Waals surface area contributed by atoms with Crippen LogP contribution in [-0.4, -0.2) is 14.6 Å². The van der Waals surface area contributed by atoms with Crippen molar-refractivity contribution in [3.05, 3.63) is 53.2 Å². The van der Waals surface area contributed by atoms with E-state index in [4.69, 9.17) is 17.3 Å². The summed E-state index contributed by atoms with van der Waals surface area (Å²) in [6.45, 7) is 2.05. The predicted molar refractivity (Wildman–Crippen MR) is 80.9 cm³/mol. The van der Waals surface area contributed by atoms with Crippen LogP contribution in [0.25, 0.3) is 5.65 Å². The van der Waals surface area contributed by atoms with Gasteiger partial charge in [0.05, 0.1) is 11.1 Å². The number of hydrogen-bond acceptors (Lipinski definition) is 4. The fourth-order valence-electron chi connectivity index (χ4n) is 1.98. The third kappa shape index (κ3) is 2.53. The zero-order valence-corrected chi connectivity index (χ0v) is 11.7. The van der Waals surface area contributed by atoms with Crippen molar-refractivity contribution in [3.63, 3.8) is 0 Å². The maximum atomic E-state index is 5.92. The van der Waals surface area contributed by atoms with Crippen molar-refractivity contribution in [2.75, 3.05) is 11.1 Å². The van der Waals surface area contributed by atoms with Gasteiger partial charge in [0.1, 0.15) is 0 Å². The summed E-state index contributed by atoms with van der Waals surface area (Å²) in [6, 6.07) is 11.4. The largest absolute Gasteiger partial charge is 0.399 e. The monoisotopic (exact) mass is 287 g/mol. The van der Waals surface area contributed by atoms with Crippen LogP contribution in [0.15, 0.2) is 42.6 Å². The van der Waals surface area contributed by atoms with E-state index in [1.54, 1.807) is 16.8 Å². The van der Waals surface area contributed by atoms with Crippen LogP contribution in [0.2, 0.25) is 5.02 Å². The van der Waals surface area contributed by atoms with Crippen LogP contribution in [0.3, 0.4) is 0 Å². The standard InChI is InChI=1S/C14H14ClN5/c1-9(10-2-5-12(16)6-3-10)17-14-18-13-7-4-11(15)8-20(13)19-14/h2-9H,16H2,1H3,(H,17,19). The summed E-state index contributed by atoms with van der Waals surface area (Å²) in [7, 11) is 0. The van der Waals surface area contributed by atoms with Crippen LogP contribution in [0, 0.1) is 0 Å². The van der Waals surface area contributed by atoms with Gasteiger partial charge in [-0.1, -0.05) is 23.7 Å². The molecule has 2 heterocycles. The first-order valence-corrected chi connectivity index (χ1v) is 6.63. The minimum atomic E-state index is 0.0866. The lowest BCUT2D eigenvalue weighted by atomic mass is 10.1. The van der Waals surface area contributed by atoms with Gasteiger partial charge in [0.15, 0.2) is 5.65 Å². The van der Waals surface area contributed by atoms with E-state index in [0.717, 1.165) is 16.9 Å². The van der Waals surface area contributed by atoms with Gasteiger partial charge in [-0.2, -0.15) is 4.98 Å². The van der Waals surface area contributed by atoms with E-state index in [-0.39, 0.29) is 6.04 Å². The average Bonchev–Trinajstić information content (AvgIpc) is 2.80. The molecule has 1 unspecified atom stereocenters. The summed E-state index contributed by atoms with van der Waals surface area (Å²) in [6.07, 6.45) is 1.73. The van der Waals surface area contributed by atoms with E-state index in [1.165, 1.54) is 0 Å². The van der Waals surface area contributed by atoms with E-state index in [2.05, 4.69) is 15.4 Å². The smallest absolute Gasteiger partial charge is 0.243 e. The summed E-state index contributed by atoms with van der Waals surface area (Å²) >= 11 is 5.92. The van der Waals surface area contributed by atoms with Gasteiger partial charge in [0.25, 0.3) is 0 Å². The first-order chi connectivity index (χ1) is 9.61. The van der Waals surface area contributed by atoms with Gasteiger partial charge in [0.2, 0.25) is 5.95 Å². The quantitative estimate of drug-likeness (QED) is 0.726. The molecule has 1 atom stereocenters. The number of nitrogens with one attached hydrogen (secondary N) is 1. The van der Waals surface area contributed by atoms with E-state index in [9.17, 15) is 0 Å². The van der Waals surface area contributed by atoms with Crippen molar-refractivity contribution >= 4 is 28.9 Å². The fraction of sp³-hybridized carbons (Fsp3) is 0.143. The van der Waals surface area contributed by atoms with Crippen molar-refractivity contribution < 1.29 is 0 Å². The van der Waals surface area contributed by atoms with E-state index in [0.29, 0.717) is 11.0 Å². The Hall–Kier alpha value is -2.27. The van der Waals surface area contributed by atoms with Crippen LogP contribution in [0.4, 0.5) is 11.6 Å². The molecule has 0 spiro atoms. The summed E-state index contributed by atoms with van der Waals surface area (Å²) in [5.74, 6) is 0.566. The maximum Gasteiger partial charge on any atom is 0.243 e. The number of nitrogen functional groups attached to an aromatic ring is 1. The molecule has 20 heavy (non-hydrogen) atoms. The second kappa shape index (κ2) is 5.02. The van der Waals surface area contributed by atoms with Crippen LogP contribution >= 0.6 is 11.6 Å². The van der Waals surface area contributed by atoms with E-state index >= 15 is 0 Å². The highest BCUT2D eigenvalue weighted by atomic mass is 35.5. The number of halogens is 1. The molecule has 3 rings (SSSR count). The van der Waals surface area contributed by atoms with Crippen molar-refractivity contribution in [2.24, 2.45) is 0 Å². The minimum Gasteiger partial charge on any atom is -0.399 e. The molecule has 0 radical (unpaired) electrons. The van der Waals surface area contributed by atoms with Crippen molar-refractivity contribution in [1.29, 1.82) is 0 Å². The third-order valence-electron chi connectivity index (χ3n) is 3.08. The number of rotatable bonds is 3. The molecule has 0 saturated carbocycles. The van der Waals surface area contributed by atoms with Gasteiger partial charge in [0, 0.05) is 11.9 Å². The zero-order chi connectivity index (χ0) is 14.1. The Labute approximate surface area is 121 Å². The lowest BCUT2D eigenvalue weighted by molar-refractivity contribution is 0.853. The van der Waals surface area contributed by atoms with Crippen LogP contribution in [0.5, 0.6) is 0 Å². The summed E-state index contributed by atoms with van der Waals surface area (Å²) < 4.78 is 1.65. The molecule has 0 aliphatic heterocycles. The molecule has 0 aliphatic carbocycles. The molecule has 3 aromatic rings. The van der Waals surface area contributed by atoms with Gasteiger partial charge in [-0.05, 0) is 36.8 Å². The van der Waals surface area contributed by atoms with Crippen molar-refractivity contribution in [2.45, 2.75) is 13.0 Å². The first-order valence-electron chi connectivity index (χ1n) is 6.26. The lowest BCUT2D eigenvalue weighted by Gasteiger charge is -2.12. The minimum absolute atomic E-state index is 0.0866. The SMILES string of the molecule is CC(Nc1nc2ccc(Cl)cn2n1)c1ccc(N)cc1. The van der Waals surface area contributed by atoms with Gasteiger partial charge >= 0.3 is 0 Å². The molecule has 2 aromatic heterocycles. The predicted octanol–water partition coefficient (Wildman–Crippen LogP) is 3.14. The fourth-order valence-corrected chi connectivity index (χ4v) is 2.14. The van der Waals surface area contributed by atoms with Gasteiger partial charge in [-0.15, -0.1) is 5.10 Å². The molecule has 6 heteroatoms. The Morgan fingerprint density at radius 2 is 1.95 bits per heavy atom. The Morgan fingerprint density at radius 3 is 2.70 bits per heavy atom. The summed E-state index contributed by atoms with van der Waals surface area (Å²) in [4.78, 5) is 4.39. The molecular weight excluding hydrogens is 274 g/mol. The molecule has 0 aliphatic rings. The number of nitrogens with zero attached hydrogens (tertiary/aromatic N) is 3.